The summed E-state index contributed by atoms with van der Waals surface area (Å²) in [5.74, 6) is 0. The molecule has 2 nitrogen and oxygen atoms in total. The highest BCUT2D eigenvalue weighted by Gasteiger charge is 1.70. The number of hydrogen-bond donors (Lipinski definition) is 0. The van der Waals surface area contributed by atoms with Crippen LogP contribution in [0.5, 0.6) is 0 Å². The van der Waals surface area contributed by atoms with Crippen molar-refractivity contribution in [3.05, 3.63) is 12.2 Å². The SMILES string of the molecule is COC/C=C/CC=O. The fourth-order valence-corrected chi connectivity index (χ4v) is 0.316. The van der Waals surface area contributed by atoms with Crippen LogP contribution < -0.4 is 0 Å². The maximum atomic E-state index is 9.68. The highest BCUT2D eigenvalue weighted by atomic mass is 16.5. The topological polar surface area (TPSA) is 26.3 Å². The van der Waals surface area contributed by atoms with E-state index in [9.17, 15) is 4.79 Å². The Hall–Kier alpha value is -0.630. The number of methoxy groups -OCH3 is 1. The second kappa shape index (κ2) is 6.37. The number of ether oxygens (including phenoxy) is 1. The minimum atomic E-state index is 0.489. The molecule has 0 saturated heterocycles. The van der Waals surface area contributed by atoms with Crippen LogP contribution in [0.1, 0.15) is 6.42 Å². The molecular formula is C6H10O2. The van der Waals surface area contributed by atoms with Gasteiger partial charge in [-0.1, -0.05) is 12.2 Å². The molecule has 0 atom stereocenters. The molecule has 0 aromatic carbocycles. The predicted molar refractivity (Wildman–Crippen MR) is 31.7 cm³/mol. The van der Waals surface area contributed by atoms with Gasteiger partial charge in [0.2, 0.25) is 0 Å². The minimum absolute atomic E-state index is 0.489. The first-order valence-corrected chi connectivity index (χ1v) is 2.49. The van der Waals surface area contributed by atoms with Crippen LogP contribution in [0, 0.1) is 0 Å². The van der Waals surface area contributed by atoms with Crippen LogP contribution in [0.3, 0.4) is 0 Å². The Morgan fingerprint density at radius 2 is 2.25 bits per heavy atom. The van der Waals surface area contributed by atoms with E-state index < -0.39 is 0 Å². The molecule has 0 N–H and O–H groups in total. The first-order valence-electron chi connectivity index (χ1n) is 2.49. The van der Waals surface area contributed by atoms with E-state index in [2.05, 4.69) is 4.74 Å². The van der Waals surface area contributed by atoms with Gasteiger partial charge in [0.25, 0.3) is 0 Å². The summed E-state index contributed by atoms with van der Waals surface area (Å²) in [5, 5.41) is 0. The zero-order chi connectivity index (χ0) is 6.24. The van der Waals surface area contributed by atoms with Crippen molar-refractivity contribution in [3.8, 4) is 0 Å². The van der Waals surface area contributed by atoms with Crippen molar-refractivity contribution in [2.24, 2.45) is 0 Å². The Bertz CT molecular complexity index is 76.6. The van der Waals surface area contributed by atoms with Gasteiger partial charge in [-0.25, -0.2) is 0 Å². The lowest BCUT2D eigenvalue weighted by Gasteiger charge is -1.83. The highest BCUT2D eigenvalue weighted by molar-refractivity contribution is 5.51. The molecule has 0 unspecified atom stereocenters. The molecule has 0 aliphatic heterocycles. The van der Waals surface area contributed by atoms with Crippen molar-refractivity contribution < 1.29 is 9.53 Å². The van der Waals surface area contributed by atoms with Crippen LogP contribution in [0.25, 0.3) is 0 Å². The molecule has 0 spiro atoms. The molecule has 2 heteroatoms. The number of aldehydes is 1. The molecule has 0 rings (SSSR count). The molecule has 0 aromatic rings. The number of carbonyl (C=O) groups is 1. The Labute approximate surface area is 49.1 Å². The van der Waals surface area contributed by atoms with Crippen LogP contribution in [0.15, 0.2) is 12.2 Å². The normalized spacial score (nSPS) is 10.1. The van der Waals surface area contributed by atoms with Gasteiger partial charge in [-0.3, -0.25) is 0 Å². The number of hydrogen-bond acceptors (Lipinski definition) is 2. The van der Waals surface area contributed by atoms with Crippen molar-refractivity contribution in [1.82, 2.24) is 0 Å². The quantitative estimate of drug-likeness (QED) is 0.398. The van der Waals surface area contributed by atoms with E-state index in [1.807, 2.05) is 6.08 Å². The monoisotopic (exact) mass is 114 g/mol. The number of rotatable bonds is 4. The first kappa shape index (κ1) is 7.37. The standard InChI is InChI=1S/C6H10O2/c1-8-6-4-2-3-5-7/h2,4-5H,3,6H2,1H3/b4-2+. The summed E-state index contributed by atoms with van der Waals surface area (Å²) in [6.07, 6.45) is 4.93. The van der Waals surface area contributed by atoms with Crippen molar-refractivity contribution >= 4 is 6.29 Å². The van der Waals surface area contributed by atoms with Crippen LogP contribution in [0.4, 0.5) is 0 Å². The zero-order valence-electron chi connectivity index (χ0n) is 4.96. The Balaban J connectivity index is 2.94. The maximum Gasteiger partial charge on any atom is 0.123 e. The minimum Gasteiger partial charge on any atom is -0.381 e. The molecule has 0 saturated carbocycles. The zero-order valence-corrected chi connectivity index (χ0v) is 4.96. The van der Waals surface area contributed by atoms with E-state index in [1.54, 1.807) is 13.2 Å². The second-order valence-electron chi connectivity index (χ2n) is 1.33. The summed E-state index contributed by atoms with van der Waals surface area (Å²) in [5.41, 5.74) is 0. The maximum absolute atomic E-state index is 9.68. The summed E-state index contributed by atoms with van der Waals surface area (Å²) in [6, 6.07) is 0. The molecule has 0 fully saturated rings. The van der Waals surface area contributed by atoms with Gasteiger partial charge < -0.3 is 9.53 Å². The smallest absolute Gasteiger partial charge is 0.123 e. The predicted octanol–water partition coefficient (Wildman–Crippen LogP) is 0.778. The van der Waals surface area contributed by atoms with Crippen LogP contribution >= 0.6 is 0 Å². The van der Waals surface area contributed by atoms with E-state index in [1.165, 1.54) is 0 Å². The van der Waals surface area contributed by atoms with Crippen LogP contribution in [-0.2, 0) is 9.53 Å². The molecular weight excluding hydrogens is 104 g/mol. The van der Waals surface area contributed by atoms with E-state index >= 15 is 0 Å². The average Bonchev–Trinajstić information content (AvgIpc) is 1.81. The Morgan fingerprint density at radius 1 is 1.50 bits per heavy atom. The summed E-state index contributed by atoms with van der Waals surface area (Å²) in [4.78, 5) is 9.68. The number of allylic oxidation sites excluding steroid dienone is 1. The largest absolute Gasteiger partial charge is 0.381 e. The molecule has 0 heterocycles. The number of carbonyl (C=O) groups excluding carboxylic acids is 1. The fourth-order valence-electron chi connectivity index (χ4n) is 0.316. The first-order chi connectivity index (χ1) is 3.91. The molecule has 0 aliphatic rings. The van der Waals surface area contributed by atoms with E-state index in [-0.39, 0.29) is 0 Å². The third-order valence-corrected chi connectivity index (χ3v) is 0.662. The molecule has 0 aromatic heterocycles. The highest BCUT2D eigenvalue weighted by Crippen LogP contribution is 1.76. The molecule has 0 bridgehead atoms. The summed E-state index contributed by atoms with van der Waals surface area (Å²) >= 11 is 0. The molecule has 0 radical (unpaired) electrons. The van der Waals surface area contributed by atoms with Gasteiger partial charge in [0.15, 0.2) is 0 Å². The van der Waals surface area contributed by atoms with Gasteiger partial charge in [0.1, 0.15) is 6.29 Å². The van der Waals surface area contributed by atoms with Crippen molar-refractivity contribution in [2.75, 3.05) is 13.7 Å². The summed E-state index contributed by atoms with van der Waals surface area (Å²) < 4.78 is 4.69. The third-order valence-electron chi connectivity index (χ3n) is 0.662. The molecule has 46 valence electrons. The lowest BCUT2D eigenvalue weighted by atomic mass is 10.4. The lowest BCUT2D eigenvalue weighted by molar-refractivity contribution is -0.107. The molecule has 8 heavy (non-hydrogen) atoms. The van der Waals surface area contributed by atoms with Crippen LogP contribution in [-0.4, -0.2) is 20.0 Å². The fraction of sp³-hybridized carbons (Fsp3) is 0.500. The van der Waals surface area contributed by atoms with Crippen LogP contribution in [0.2, 0.25) is 0 Å². The van der Waals surface area contributed by atoms with Gasteiger partial charge in [-0.2, -0.15) is 0 Å². The van der Waals surface area contributed by atoms with E-state index in [0.29, 0.717) is 13.0 Å². The molecule has 0 amide bonds. The second-order valence-corrected chi connectivity index (χ2v) is 1.33. The van der Waals surface area contributed by atoms with Crippen molar-refractivity contribution in [2.45, 2.75) is 6.42 Å². The third kappa shape index (κ3) is 5.37. The van der Waals surface area contributed by atoms with E-state index in [4.69, 9.17) is 0 Å². The summed E-state index contributed by atoms with van der Waals surface area (Å²) in [6.45, 7) is 0.591. The van der Waals surface area contributed by atoms with Gasteiger partial charge in [0, 0.05) is 13.5 Å². The van der Waals surface area contributed by atoms with E-state index in [0.717, 1.165) is 6.29 Å². The van der Waals surface area contributed by atoms with Gasteiger partial charge in [0.05, 0.1) is 6.61 Å². The summed E-state index contributed by atoms with van der Waals surface area (Å²) in [7, 11) is 1.62. The average molecular weight is 114 g/mol. The van der Waals surface area contributed by atoms with Crippen molar-refractivity contribution in [1.29, 1.82) is 0 Å². The Morgan fingerprint density at radius 3 is 2.75 bits per heavy atom. The Kier molecular flexibility index (Phi) is 5.87. The van der Waals surface area contributed by atoms with Crippen molar-refractivity contribution in [3.63, 3.8) is 0 Å². The lowest BCUT2D eigenvalue weighted by Crippen LogP contribution is -1.79. The van der Waals surface area contributed by atoms with Gasteiger partial charge in [-0.15, -0.1) is 0 Å². The van der Waals surface area contributed by atoms with Gasteiger partial charge >= 0.3 is 0 Å². The van der Waals surface area contributed by atoms with Gasteiger partial charge in [-0.05, 0) is 0 Å². The molecule has 0 aliphatic carbocycles.